The topological polar surface area (TPSA) is 97.1 Å². The molecule has 8 heteroatoms. The number of hydrogen-bond donors (Lipinski definition) is 2. The van der Waals surface area contributed by atoms with Crippen LogP contribution in [0.1, 0.15) is 19.0 Å². The Morgan fingerprint density at radius 2 is 2.05 bits per heavy atom. The summed E-state index contributed by atoms with van der Waals surface area (Å²) < 4.78 is 28.6. The molecular formula is C12H16N4O3S. The standard InChI is InChI=1S/C12H16N4O3S/c1-2-3-16-7-12(4-11(16)8-17)20(18,19)15-10-5-13-9-14-6-10/h4-7,9,15,17H,2-3,8H2,1H3. The van der Waals surface area contributed by atoms with Gasteiger partial charge in [0.2, 0.25) is 0 Å². The Balaban J connectivity index is 2.30. The first-order chi connectivity index (χ1) is 9.56. The van der Waals surface area contributed by atoms with Gasteiger partial charge in [-0.15, -0.1) is 0 Å². The van der Waals surface area contributed by atoms with Crippen molar-refractivity contribution in [3.05, 3.63) is 36.7 Å². The third-order valence-electron chi connectivity index (χ3n) is 2.71. The van der Waals surface area contributed by atoms with Crippen LogP contribution in [0.15, 0.2) is 35.9 Å². The Morgan fingerprint density at radius 1 is 1.35 bits per heavy atom. The van der Waals surface area contributed by atoms with Crippen LogP contribution < -0.4 is 4.72 Å². The molecule has 20 heavy (non-hydrogen) atoms. The van der Waals surface area contributed by atoms with Gasteiger partial charge in [-0.1, -0.05) is 6.92 Å². The van der Waals surface area contributed by atoms with Gasteiger partial charge in [0.1, 0.15) is 11.2 Å². The Morgan fingerprint density at radius 3 is 2.65 bits per heavy atom. The number of sulfonamides is 1. The summed E-state index contributed by atoms with van der Waals surface area (Å²) in [5.74, 6) is 0. The smallest absolute Gasteiger partial charge is 0.263 e. The number of rotatable bonds is 6. The highest BCUT2D eigenvalue weighted by Gasteiger charge is 2.18. The largest absolute Gasteiger partial charge is 0.390 e. The van der Waals surface area contributed by atoms with Crippen LogP contribution in [-0.4, -0.2) is 28.1 Å². The zero-order valence-corrected chi connectivity index (χ0v) is 11.8. The van der Waals surface area contributed by atoms with Crippen LogP contribution in [0.25, 0.3) is 0 Å². The summed E-state index contributed by atoms with van der Waals surface area (Å²) in [6, 6.07) is 1.46. The Labute approximate surface area is 117 Å². The van der Waals surface area contributed by atoms with Crippen LogP contribution in [0, 0.1) is 0 Å². The van der Waals surface area contributed by atoms with E-state index in [2.05, 4.69) is 14.7 Å². The predicted octanol–water partition coefficient (Wildman–Crippen LogP) is 0.981. The van der Waals surface area contributed by atoms with Crippen molar-refractivity contribution in [3.63, 3.8) is 0 Å². The van der Waals surface area contributed by atoms with E-state index < -0.39 is 10.0 Å². The van der Waals surface area contributed by atoms with Crippen molar-refractivity contribution in [2.45, 2.75) is 31.4 Å². The minimum atomic E-state index is -3.71. The summed E-state index contributed by atoms with van der Waals surface area (Å²) in [6.07, 6.45) is 6.43. The minimum Gasteiger partial charge on any atom is -0.390 e. The number of aliphatic hydroxyl groups excluding tert-OH is 1. The fourth-order valence-electron chi connectivity index (χ4n) is 1.82. The number of aliphatic hydroxyl groups is 1. The molecule has 108 valence electrons. The molecule has 0 aliphatic heterocycles. The summed E-state index contributed by atoms with van der Waals surface area (Å²) in [7, 11) is -3.71. The summed E-state index contributed by atoms with van der Waals surface area (Å²) in [4.78, 5) is 7.61. The second kappa shape index (κ2) is 6.02. The molecule has 0 bridgehead atoms. The molecule has 2 heterocycles. The van der Waals surface area contributed by atoms with E-state index in [-0.39, 0.29) is 11.5 Å². The normalized spacial score (nSPS) is 11.5. The van der Waals surface area contributed by atoms with E-state index >= 15 is 0 Å². The van der Waals surface area contributed by atoms with E-state index in [0.717, 1.165) is 6.42 Å². The Hall–Kier alpha value is -1.93. The second-order valence-electron chi connectivity index (χ2n) is 4.25. The van der Waals surface area contributed by atoms with Gasteiger partial charge in [-0.25, -0.2) is 18.4 Å². The van der Waals surface area contributed by atoms with Gasteiger partial charge in [0.25, 0.3) is 10.0 Å². The van der Waals surface area contributed by atoms with Gasteiger partial charge in [-0.05, 0) is 12.5 Å². The molecule has 0 unspecified atom stereocenters. The molecule has 0 fully saturated rings. The van der Waals surface area contributed by atoms with Crippen molar-refractivity contribution in [1.82, 2.24) is 14.5 Å². The summed E-state index contributed by atoms with van der Waals surface area (Å²) in [5, 5.41) is 9.26. The SMILES string of the molecule is CCCn1cc(S(=O)(=O)Nc2cncnc2)cc1CO. The minimum absolute atomic E-state index is 0.110. The average molecular weight is 296 g/mol. The molecule has 2 N–H and O–H groups in total. The molecule has 0 atom stereocenters. The maximum atomic E-state index is 12.2. The predicted molar refractivity (Wildman–Crippen MR) is 73.5 cm³/mol. The second-order valence-corrected chi connectivity index (χ2v) is 5.93. The highest BCUT2D eigenvalue weighted by atomic mass is 32.2. The van der Waals surface area contributed by atoms with Crippen LogP contribution in [-0.2, 0) is 23.2 Å². The molecule has 7 nitrogen and oxygen atoms in total. The van der Waals surface area contributed by atoms with Gasteiger partial charge in [0, 0.05) is 18.4 Å². The zero-order valence-electron chi connectivity index (χ0n) is 11.0. The number of nitrogens with zero attached hydrogens (tertiary/aromatic N) is 3. The number of aryl methyl sites for hydroxylation is 1. The average Bonchev–Trinajstić information content (AvgIpc) is 2.84. The van der Waals surface area contributed by atoms with Crippen LogP contribution in [0.4, 0.5) is 5.69 Å². The van der Waals surface area contributed by atoms with Crippen LogP contribution in [0.5, 0.6) is 0 Å². The fraction of sp³-hybridized carbons (Fsp3) is 0.333. The van der Waals surface area contributed by atoms with Crippen LogP contribution in [0.3, 0.4) is 0 Å². The van der Waals surface area contributed by atoms with Crippen LogP contribution >= 0.6 is 0 Å². The van der Waals surface area contributed by atoms with E-state index in [1.54, 1.807) is 4.57 Å². The van der Waals surface area contributed by atoms with Crippen molar-refractivity contribution in [2.75, 3.05) is 4.72 Å². The lowest BCUT2D eigenvalue weighted by Gasteiger charge is -2.05. The van der Waals surface area contributed by atoms with Crippen molar-refractivity contribution in [3.8, 4) is 0 Å². The molecule has 0 aliphatic carbocycles. The molecule has 0 saturated carbocycles. The van der Waals surface area contributed by atoms with Gasteiger partial charge >= 0.3 is 0 Å². The first-order valence-electron chi connectivity index (χ1n) is 6.14. The molecule has 2 aromatic rings. The number of aromatic nitrogens is 3. The van der Waals surface area contributed by atoms with Crippen molar-refractivity contribution in [1.29, 1.82) is 0 Å². The van der Waals surface area contributed by atoms with Gasteiger partial charge in [0.05, 0.1) is 24.7 Å². The van der Waals surface area contributed by atoms with Gasteiger partial charge < -0.3 is 9.67 Å². The fourth-order valence-corrected chi connectivity index (χ4v) is 2.91. The zero-order chi connectivity index (χ0) is 14.6. The number of anilines is 1. The monoisotopic (exact) mass is 296 g/mol. The lowest BCUT2D eigenvalue weighted by molar-refractivity contribution is 0.270. The first kappa shape index (κ1) is 14.5. The van der Waals surface area contributed by atoms with Gasteiger partial charge in [-0.3, -0.25) is 4.72 Å². The van der Waals surface area contributed by atoms with Crippen molar-refractivity contribution < 1.29 is 13.5 Å². The summed E-state index contributed by atoms with van der Waals surface area (Å²) in [6.45, 7) is 2.43. The van der Waals surface area contributed by atoms with E-state index in [1.807, 2.05) is 6.92 Å². The highest BCUT2D eigenvalue weighted by molar-refractivity contribution is 7.92. The molecule has 2 rings (SSSR count). The van der Waals surface area contributed by atoms with Crippen molar-refractivity contribution >= 4 is 15.7 Å². The first-order valence-corrected chi connectivity index (χ1v) is 7.63. The molecule has 2 aromatic heterocycles. The Kier molecular flexibility index (Phi) is 4.35. The third kappa shape index (κ3) is 3.14. The number of nitrogens with one attached hydrogen (secondary N) is 1. The molecular weight excluding hydrogens is 280 g/mol. The van der Waals surface area contributed by atoms with E-state index in [1.165, 1.54) is 31.0 Å². The van der Waals surface area contributed by atoms with Gasteiger partial charge in [-0.2, -0.15) is 0 Å². The van der Waals surface area contributed by atoms with Crippen molar-refractivity contribution in [2.24, 2.45) is 0 Å². The molecule has 0 aliphatic rings. The summed E-state index contributed by atoms with van der Waals surface area (Å²) >= 11 is 0. The van der Waals surface area contributed by atoms with E-state index in [9.17, 15) is 13.5 Å². The molecule has 0 aromatic carbocycles. The van der Waals surface area contributed by atoms with E-state index in [0.29, 0.717) is 17.9 Å². The third-order valence-corrected chi connectivity index (χ3v) is 4.06. The quantitative estimate of drug-likeness (QED) is 0.828. The Bertz CT molecular complexity index is 667. The lowest BCUT2D eigenvalue weighted by atomic mass is 10.4. The molecule has 0 spiro atoms. The summed E-state index contributed by atoms with van der Waals surface area (Å²) in [5.41, 5.74) is 0.859. The number of hydrogen-bond acceptors (Lipinski definition) is 5. The molecule has 0 amide bonds. The maximum Gasteiger partial charge on any atom is 0.263 e. The van der Waals surface area contributed by atoms with E-state index in [4.69, 9.17) is 0 Å². The molecule has 0 radical (unpaired) electrons. The highest BCUT2D eigenvalue weighted by Crippen LogP contribution is 2.18. The lowest BCUT2D eigenvalue weighted by Crippen LogP contribution is -2.12. The van der Waals surface area contributed by atoms with Crippen LogP contribution in [0.2, 0.25) is 0 Å². The molecule has 0 saturated heterocycles. The van der Waals surface area contributed by atoms with Gasteiger partial charge in [0.15, 0.2) is 0 Å². The maximum absolute atomic E-state index is 12.2.